The molecule has 0 radical (unpaired) electrons. The van der Waals surface area contributed by atoms with Gasteiger partial charge in [0.2, 0.25) is 0 Å². The number of piperazine rings is 1. The molecule has 1 aliphatic rings. The molecule has 0 aliphatic carbocycles. The highest BCUT2D eigenvalue weighted by molar-refractivity contribution is 5.94. The summed E-state index contributed by atoms with van der Waals surface area (Å²) in [6.45, 7) is 3.49. The molecule has 3 rings (SSSR count). The van der Waals surface area contributed by atoms with E-state index in [0.717, 1.165) is 37.4 Å². The van der Waals surface area contributed by atoms with Crippen LogP contribution in [-0.2, 0) is 0 Å². The number of amides is 1. The number of fused-ring (bicyclic) bond motifs is 1. The molecule has 0 atom stereocenters. The van der Waals surface area contributed by atoms with Crippen LogP contribution < -0.4 is 0 Å². The van der Waals surface area contributed by atoms with Crippen LogP contribution in [0.15, 0.2) is 30.7 Å². The summed E-state index contributed by atoms with van der Waals surface area (Å²) in [6.07, 6.45) is 5.44. The molecule has 1 amide bonds. The van der Waals surface area contributed by atoms with E-state index in [1.807, 2.05) is 33.8 Å². The van der Waals surface area contributed by atoms with Gasteiger partial charge in [0.15, 0.2) is 0 Å². The summed E-state index contributed by atoms with van der Waals surface area (Å²) in [4.78, 5) is 20.7. The lowest BCUT2D eigenvalue weighted by Crippen LogP contribution is -2.47. The molecular weight excluding hydrogens is 228 g/mol. The first-order chi connectivity index (χ1) is 8.74. The van der Waals surface area contributed by atoms with Crippen molar-refractivity contribution in [3.63, 3.8) is 0 Å². The van der Waals surface area contributed by atoms with Crippen LogP contribution in [0.5, 0.6) is 0 Å². The number of rotatable bonds is 1. The third-order valence-corrected chi connectivity index (χ3v) is 3.43. The van der Waals surface area contributed by atoms with E-state index in [0.29, 0.717) is 0 Å². The molecular formula is C13H16N4O. The molecule has 5 heteroatoms. The van der Waals surface area contributed by atoms with Gasteiger partial charge in [-0.1, -0.05) is 0 Å². The van der Waals surface area contributed by atoms with Crippen LogP contribution in [0.25, 0.3) is 5.65 Å². The summed E-state index contributed by atoms with van der Waals surface area (Å²) in [5.41, 5.74) is 1.59. The molecule has 0 bridgehead atoms. The number of carbonyl (C=O) groups excluding carboxylic acids is 1. The highest BCUT2D eigenvalue weighted by Gasteiger charge is 2.20. The van der Waals surface area contributed by atoms with E-state index in [4.69, 9.17) is 0 Å². The smallest absolute Gasteiger partial charge is 0.255 e. The molecule has 0 N–H and O–H groups in total. The average Bonchev–Trinajstić information content (AvgIpc) is 2.86. The normalized spacial score (nSPS) is 17.3. The summed E-state index contributed by atoms with van der Waals surface area (Å²) >= 11 is 0. The minimum absolute atomic E-state index is 0.110. The molecule has 1 aliphatic heterocycles. The molecule has 0 aromatic carbocycles. The number of hydrogen-bond donors (Lipinski definition) is 0. The summed E-state index contributed by atoms with van der Waals surface area (Å²) < 4.78 is 1.88. The molecule has 0 unspecified atom stereocenters. The minimum atomic E-state index is 0.110. The predicted molar refractivity (Wildman–Crippen MR) is 68.6 cm³/mol. The van der Waals surface area contributed by atoms with E-state index in [9.17, 15) is 4.79 Å². The second kappa shape index (κ2) is 4.42. The average molecular weight is 244 g/mol. The fourth-order valence-corrected chi connectivity index (χ4v) is 2.24. The summed E-state index contributed by atoms with van der Waals surface area (Å²) in [5, 5.41) is 0. The number of aromatic nitrogens is 2. The number of hydrogen-bond acceptors (Lipinski definition) is 3. The Labute approximate surface area is 106 Å². The summed E-state index contributed by atoms with van der Waals surface area (Å²) in [7, 11) is 2.08. The van der Waals surface area contributed by atoms with Gasteiger partial charge in [0.25, 0.3) is 5.91 Å². The number of carbonyl (C=O) groups is 1. The van der Waals surface area contributed by atoms with Gasteiger partial charge in [-0.3, -0.25) is 4.79 Å². The zero-order chi connectivity index (χ0) is 12.5. The molecule has 2 aromatic rings. The van der Waals surface area contributed by atoms with E-state index < -0.39 is 0 Å². The maximum absolute atomic E-state index is 12.3. The Morgan fingerprint density at radius 1 is 1.22 bits per heavy atom. The molecule has 5 nitrogen and oxygen atoms in total. The first kappa shape index (κ1) is 11.2. The lowest BCUT2D eigenvalue weighted by molar-refractivity contribution is 0.0663. The zero-order valence-corrected chi connectivity index (χ0v) is 10.4. The van der Waals surface area contributed by atoms with E-state index in [1.165, 1.54) is 0 Å². The van der Waals surface area contributed by atoms with Gasteiger partial charge in [-0.2, -0.15) is 0 Å². The van der Waals surface area contributed by atoms with Crippen LogP contribution in [0.3, 0.4) is 0 Å². The van der Waals surface area contributed by atoms with Crippen molar-refractivity contribution in [2.75, 3.05) is 33.2 Å². The number of imidazole rings is 1. The Balaban J connectivity index is 1.82. The third kappa shape index (κ3) is 1.97. The van der Waals surface area contributed by atoms with Gasteiger partial charge < -0.3 is 14.2 Å². The fraction of sp³-hybridized carbons (Fsp3) is 0.385. The summed E-state index contributed by atoms with van der Waals surface area (Å²) in [5.74, 6) is 0.110. The van der Waals surface area contributed by atoms with Crippen LogP contribution in [-0.4, -0.2) is 58.3 Å². The topological polar surface area (TPSA) is 40.8 Å². The first-order valence-electron chi connectivity index (χ1n) is 6.14. The van der Waals surface area contributed by atoms with E-state index >= 15 is 0 Å². The quantitative estimate of drug-likeness (QED) is 0.742. The van der Waals surface area contributed by atoms with Crippen molar-refractivity contribution < 1.29 is 4.79 Å². The number of likely N-dealkylation sites (N-methyl/N-ethyl adjacent to an activating group) is 1. The molecule has 2 aromatic heterocycles. The third-order valence-electron chi connectivity index (χ3n) is 3.43. The van der Waals surface area contributed by atoms with Crippen LogP contribution in [0.2, 0.25) is 0 Å². The molecule has 1 fully saturated rings. The maximum Gasteiger partial charge on any atom is 0.255 e. The monoisotopic (exact) mass is 244 g/mol. The Morgan fingerprint density at radius 3 is 2.78 bits per heavy atom. The Bertz CT molecular complexity index is 569. The zero-order valence-electron chi connectivity index (χ0n) is 10.4. The van der Waals surface area contributed by atoms with Crippen molar-refractivity contribution in [1.82, 2.24) is 19.2 Å². The van der Waals surface area contributed by atoms with Gasteiger partial charge in [0.1, 0.15) is 5.65 Å². The predicted octanol–water partition coefficient (Wildman–Crippen LogP) is 0.722. The molecule has 1 saturated heterocycles. The van der Waals surface area contributed by atoms with Gasteiger partial charge in [0.05, 0.1) is 5.56 Å². The molecule has 94 valence electrons. The Hall–Kier alpha value is -1.88. The van der Waals surface area contributed by atoms with Crippen molar-refractivity contribution in [3.8, 4) is 0 Å². The first-order valence-corrected chi connectivity index (χ1v) is 6.14. The van der Waals surface area contributed by atoms with Crippen molar-refractivity contribution in [1.29, 1.82) is 0 Å². The minimum Gasteiger partial charge on any atom is -0.336 e. The van der Waals surface area contributed by atoms with E-state index in [1.54, 1.807) is 6.20 Å². The molecule has 18 heavy (non-hydrogen) atoms. The number of nitrogens with zero attached hydrogens (tertiary/aromatic N) is 4. The lowest BCUT2D eigenvalue weighted by Gasteiger charge is -2.32. The van der Waals surface area contributed by atoms with Crippen LogP contribution in [0.1, 0.15) is 10.4 Å². The summed E-state index contributed by atoms with van der Waals surface area (Å²) in [6, 6.07) is 3.73. The standard InChI is InChI=1S/C13H16N4O/c1-15-6-8-16(9-7-15)13(18)11-2-3-12-14-4-5-17(12)10-11/h2-5,10H,6-9H2,1H3. The Kier molecular flexibility index (Phi) is 2.76. The van der Waals surface area contributed by atoms with Gasteiger partial charge in [-0.05, 0) is 19.2 Å². The largest absolute Gasteiger partial charge is 0.336 e. The van der Waals surface area contributed by atoms with Gasteiger partial charge in [0, 0.05) is 44.8 Å². The van der Waals surface area contributed by atoms with E-state index in [2.05, 4.69) is 16.9 Å². The maximum atomic E-state index is 12.3. The van der Waals surface area contributed by atoms with Crippen molar-refractivity contribution >= 4 is 11.6 Å². The number of pyridine rings is 1. The second-order valence-corrected chi connectivity index (χ2v) is 4.71. The molecule has 3 heterocycles. The van der Waals surface area contributed by atoms with Gasteiger partial charge >= 0.3 is 0 Å². The second-order valence-electron chi connectivity index (χ2n) is 4.71. The Morgan fingerprint density at radius 2 is 2.00 bits per heavy atom. The van der Waals surface area contributed by atoms with Gasteiger partial charge in [-0.15, -0.1) is 0 Å². The molecule has 0 spiro atoms. The van der Waals surface area contributed by atoms with Crippen LogP contribution in [0.4, 0.5) is 0 Å². The lowest BCUT2D eigenvalue weighted by atomic mass is 10.2. The fourth-order valence-electron chi connectivity index (χ4n) is 2.24. The van der Waals surface area contributed by atoms with Crippen LogP contribution >= 0.6 is 0 Å². The van der Waals surface area contributed by atoms with Crippen molar-refractivity contribution in [2.24, 2.45) is 0 Å². The highest BCUT2D eigenvalue weighted by Crippen LogP contribution is 2.10. The van der Waals surface area contributed by atoms with E-state index in [-0.39, 0.29) is 5.91 Å². The van der Waals surface area contributed by atoms with Gasteiger partial charge in [-0.25, -0.2) is 4.98 Å². The van der Waals surface area contributed by atoms with Crippen molar-refractivity contribution in [3.05, 3.63) is 36.3 Å². The van der Waals surface area contributed by atoms with Crippen LogP contribution in [0, 0.1) is 0 Å². The SMILES string of the molecule is CN1CCN(C(=O)c2ccc3nccn3c2)CC1. The highest BCUT2D eigenvalue weighted by atomic mass is 16.2. The molecule has 0 saturated carbocycles. The van der Waals surface area contributed by atoms with Crippen molar-refractivity contribution in [2.45, 2.75) is 0 Å².